The van der Waals surface area contributed by atoms with E-state index in [9.17, 15) is 4.79 Å². The number of hydrazone groups is 1. The molecule has 1 N–H and O–H groups in total. The lowest BCUT2D eigenvalue weighted by atomic mass is 10.1. The quantitative estimate of drug-likeness (QED) is 0.206. The molecule has 2 heterocycles. The van der Waals surface area contributed by atoms with Crippen LogP contribution in [0.25, 0.3) is 22.6 Å². The molecule has 35 heavy (non-hydrogen) atoms. The van der Waals surface area contributed by atoms with Gasteiger partial charge in [-0.1, -0.05) is 78.5 Å². The van der Waals surface area contributed by atoms with Crippen molar-refractivity contribution in [2.75, 3.05) is 5.75 Å². The van der Waals surface area contributed by atoms with Crippen LogP contribution in [0.1, 0.15) is 5.56 Å². The Kier molecular flexibility index (Phi) is 6.72. The van der Waals surface area contributed by atoms with Gasteiger partial charge in [0.2, 0.25) is 5.16 Å². The van der Waals surface area contributed by atoms with Crippen molar-refractivity contribution in [2.24, 2.45) is 5.10 Å². The fraction of sp³-hybridized carbons (Fsp3) is 0.0400. The van der Waals surface area contributed by atoms with Crippen molar-refractivity contribution < 1.29 is 4.79 Å². The Labute approximate surface area is 205 Å². The first-order valence-electron chi connectivity index (χ1n) is 10.8. The third-order valence-corrected chi connectivity index (χ3v) is 5.90. The molecule has 0 aliphatic rings. The van der Waals surface area contributed by atoms with Gasteiger partial charge in [-0.2, -0.15) is 14.9 Å². The molecule has 5 rings (SSSR count). The number of aromatic nitrogens is 6. The molecule has 9 nitrogen and oxygen atoms in total. The summed E-state index contributed by atoms with van der Waals surface area (Å²) in [5.74, 6) is -0.162. The van der Waals surface area contributed by atoms with Gasteiger partial charge in [0.25, 0.3) is 5.91 Å². The smallest absolute Gasteiger partial charge is 0.250 e. The second kappa shape index (κ2) is 10.6. The molecule has 0 unspecified atom stereocenters. The van der Waals surface area contributed by atoms with Crippen molar-refractivity contribution in [2.45, 2.75) is 5.16 Å². The van der Waals surface area contributed by atoms with E-state index in [1.54, 1.807) is 15.6 Å². The van der Waals surface area contributed by atoms with Gasteiger partial charge in [0.15, 0.2) is 0 Å². The largest absolute Gasteiger partial charge is 0.272 e. The highest BCUT2D eigenvalue weighted by Gasteiger charge is 2.13. The predicted molar refractivity (Wildman–Crippen MR) is 135 cm³/mol. The van der Waals surface area contributed by atoms with Crippen LogP contribution in [0.5, 0.6) is 0 Å². The average molecular weight is 481 g/mol. The number of carbonyl (C=O) groups excluding carboxylic acids is 1. The zero-order chi connectivity index (χ0) is 23.9. The molecular formula is C25H20N8OS. The van der Waals surface area contributed by atoms with Gasteiger partial charge in [-0.15, -0.1) is 5.10 Å². The van der Waals surface area contributed by atoms with Crippen molar-refractivity contribution in [1.29, 1.82) is 0 Å². The van der Waals surface area contributed by atoms with E-state index in [0.29, 0.717) is 5.16 Å². The monoisotopic (exact) mass is 480 g/mol. The summed E-state index contributed by atoms with van der Waals surface area (Å²) in [6, 6.07) is 29.2. The minimum absolute atomic E-state index is 0.110. The van der Waals surface area contributed by atoms with Gasteiger partial charge < -0.3 is 0 Å². The minimum atomic E-state index is -0.273. The van der Waals surface area contributed by atoms with Crippen LogP contribution in [0.15, 0.2) is 107 Å². The molecular weight excluding hydrogens is 460 g/mol. The first-order valence-corrected chi connectivity index (χ1v) is 11.8. The molecule has 1 amide bonds. The molecule has 0 bridgehead atoms. The fourth-order valence-electron chi connectivity index (χ4n) is 3.35. The number of thioether (sulfide) groups is 1. The maximum Gasteiger partial charge on any atom is 0.250 e. The van der Waals surface area contributed by atoms with E-state index < -0.39 is 0 Å². The second-order valence-electron chi connectivity index (χ2n) is 7.37. The Hall–Kier alpha value is -4.57. The van der Waals surface area contributed by atoms with Gasteiger partial charge in [0.1, 0.15) is 5.69 Å². The number of carbonyl (C=O) groups is 1. The number of para-hydroxylation sites is 2. The number of nitrogens with one attached hydrogen (secondary N) is 1. The number of amides is 1. The van der Waals surface area contributed by atoms with Gasteiger partial charge in [-0.3, -0.25) is 4.79 Å². The summed E-state index contributed by atoms with van der Waals surface area (Å²) < 4.78 is 3.39. The van der Waals surface area contributed by atoms with Crippen LogP contribution < -0.4 is 5.43 Å². The summed E-state index contributed by atoms with van der Waals surface area (Å²) in [5, 5.41) is 21.1. The molecule has 0 fully saturated rings. The Morgan fingerprint density at radius 2 is 1.57 bits per heavy atom. The van der Waals surface area contributed by atoms with Crippen molar-refractivity contribution in [3.8, 4) is 22.6 Å². The Morgan fingerprint density at radius 3 is 2.29 bits per heavy atom. The predicted octanol–water partition coefficient (Wildman–Crippen LogP) is 3.76. The van der Waals surface area contributed by atoms with E-state index in [1.807, 2.05) is 97.2 Å². The van der Waals surface area contributed by atoms with Crippen LogP contribution in [0.2, 0.25) is 0 Å². The molecule has 0 saturated carbocycles. The van der Waals surface area contributed by atoms with Gasteiger partial charge in [-0.25, -0.2) is 10.1 Å². The van der Waals surface area contributed by atoms with Gasteiger partial charge >= 0.3 is 0 Å². The molecule has 0 spiro atoms. The Bertz CT molecular complexity index is 1430. The number of nitrogens with zero attached hydrogens (tertiary/aromatic N) is 7. The summed E-state index contributed by atoms with van der Waals surface area (Å²) in [6.07, 6.45) is 3.49. The number of hydrogen-bond donors (Lipinski definition) is 1. The summed E-state index contributed by atoms with van der Waals surface area (Å²) in [7, 11) is 0. The minimum Gasteiger partial charge on any atom is -0.272 e. The van der Waals surface area contributed by atoms with Crippen LogP contribution in [-0.4, -0.2) is 47.9 Å². The maximum absolute atomic E-state index is 12.4. The molecule has 0 aliphatic heterocycles. The SMILES string of the molecule is O=C(CSc1nnnn1-c1ccccc1)N/N=C\c1cn(-c2ccccc2)nc1-c1ccccc1. The highest BCUT2D eigenvalue weighted by atomic mass is 32.2. The van der Waals surface area contributed by atoms with Crippen molar-refractivity contribution in [1.82, 2.24) is 35.4 Å². The van der Waals surface area contributed by atoms with Crippen LogP contribution in [-0.2, 0) is 4.79 Å². The Morgan fingerprint density at radius 1 is 0.914 bits per heavy atom. The summed E-state index contributed by atoms with van der Waals surface area (Å²) in [6.45, 7) is 0. The first-order chi connectivity index (χ1) is 17.3. The molecule has 2 aromatic heterocycles. The van der Waals surface area contributed by atoms with Crippen molar-refractivity contribution >= 4 is 23.9 Å². The fourth-order valence-corrected chi connectivity index (χ4v) is 4.03. The first kappa shape index (κ1) is 22.2. The third-order valence-electron chi connectivity index (χ3n) is 4.98. The van der Waals surface area contributed by atoms with Crippen LogP contribution >= 0.6 is 11.8 Å². The zero-order valence-corrected chi connectivity index (χ0v) is 19.3. The molecule has 0 saturated heterocycles. The van der Waals surface area contributed by atoms with E-state index in [-0.39, 0.29) is 11.7 Å². The molecule has 172 valence electrons. The number of rotatable bonds is 8. The molecule has 0 radical (unpaired) electrons. The molecule has 0 atom stereocenters. The molecule has 3 aromatic carbocycles. The van der Waals surface area contributed by atoms with Crippen LogP contribution in [0.4, 0.5) is 0 Å². The van der Waals surface area contributed by atoms with Crippen molar-refractivity contribution in [3.63, 3.8) is 0 Å². The van der Waals surface area contributed by atoms with E-state index in [0.717, 1.165) is 28.2 Å². The van der Waals surface area contributed by atoms with E-state index >= 15 is 0 Å². The van der Waals surface area contributed by atoms with E-state index in [4.69, 9.17) is 5.10 Å². The van der Waals surface area contributed by atoms with Gasteiger partial charge in [-0.05, 0) is 34.7 Å². The molecule has 0 aliphatic carbocycles. The summed E-state index contributed by atoms with van der Waals surface area (Å²) in [4.78, 5) is 12.4. The lowest BCUT2D eigenvalue weighted by Crippen LogP contribution is -2.20. The normalized spacial score (nSPS) is 11.1. The van der Waals surface area contributed by atoms with Crippen LogP contribution in [0.3, 0.4) is 0 Å². The van der Waals surface area contributed by atoms with E-state index in [1.165, 1.54) is 11.8 Å². The van der Waals surface area contributed by atoms with E-state index in [2.05, 4.69) is 26.1 Å². The Balaban J connectivity index is 1.28. The lowest BCUT2D eigenvalue weighted by Gasteiger charge is -2.03. The standard InChI is InChI=1S/C25H20N8OS/c34-23(18-35-25-28-30-31-33(25)22-14-8-3-9-15-22)27-26-16-20-17-32(21-12-6-2-7-13-21)29-24(20)19-10-4-1-5-11-19/h1-17H,18H2,(H,27,34)/b26-16-. The molecule has 10 heteroatoms. The number of tetrazole rings is 1. The van der Waals surface area contributed by atoms with Gasteiger partial charge in [0.05, 0.1) is 23.3 Å². The topological polar surface area (TPSA) is 103 Å². The summed E-state index contributed by atoms with van der Waals surface area (Å²) in [5.41, 5.74) is 6.83. The lowest BCUT2D eigenvalue weighted by molar-refractivity contribution is -0.118. The number of hydrogen-bond acceptors (Lipinski definition) is 7. The number of benzene rings is 3. The zero-order valence-electron chi connectivity index (χ0n) is 18.5. The van der Waals surface area contributed by atoms with Gasteiger partial charge in [0, 0.05) is 17.3 Å². The summed E-state index contributed by atoms with van der Waals surface area (Å²) >= 11 is 1.23. The third kappa shape index (κ3) is 5.33. The second-order valence-corrected chi connectivity index (χ2v) is 8.31. The van der Waals surface area contributed by atoms with Crippen molar-refractivity contribution in [3.05, 3.63) is 103 Å². The molecule has 5 aromatic rings. The highest BCUT2D eigenvalue weighted by Crippen LogP contribution is 2.22. The average Bonchev–Trinajstić information content (AvgIpc) is 3.57. The maximum atomic E-state index is 12.4. The van der Waals surface area contributed by atoms with Crippen LogP contribution in [0, 0.1) is 0 Å². The highest BCUT2D eigenvalue weighted by molar-refractivity contribution is 7.99.